The van der Waals surface area contributed by atoms with Gasteiger partial charge in [0, 0.05) is 25.1 Å². The maximum Gasteiger partial charge on any atom is 0.408 e. The summed E-state index contributed by atoms with van der Waals surface area (Å²) >= 11 is 0. The summed E-state index contributed by atoms with van der Waals surface area (Å²) in [7, 11) is 0. The molecule has 0 aromatic heterocycles. The Labute approximate surface area is 268 Å². The maximum absolute atomic E-state index is 14.6. The van der Waals surface area contributed by atoms with Gasteiger partial charge in [-0.2, -0.15) is 0 Å². The number of hydrogen-bond donors (Lipinski definition) is 3. The van der Waals surface area contributed by atoms with E-state index in [2.05, 4.69) is 17.6 Å². The van der Waals surface area contributed by atoms with Crippen LogP contribution in [-0.2, 0) is 27.3 Å². The summed E-state index contributed by atoms with van der Waals surface area (Å²) in [6.45, 7) is 7.97. The van der Waals surface area contributed by atoms with Gasteiger partial charge in [-0.1, -0.05) is 118 Å². The molecule has 3 N–H and O–H groups in total. The first kappa shape index (κ1) is 35.2. The zero-order valence-corrected chi connectivity index (χ0v) is 27.1. The summed E-state index contributed by atoms with van der Waals surface area (Å²) in [6.07, 6.45) is 5.40. The van der Waals surface area contributed by atoms with Crippen LogP contribution in [0.3, 0.4) is 0 Å². The van der Waals surface area contributed by atoms with E-state index in [0.29, 0.717) is 12.0 Å². The molecule has 242 valence electrons. The topological polar surface area (TPSA) is 108 Å². The van der Waals surface area contributed by atoms with Crippen molar-refractivity contribution in [3.8, 4) is 5.75 Å². The molecule has 0 fully saturated rings. The Bertz CT molecular complexity index is 1340. The second-order valence-electron chi connectivity index (χ2n) is 12.4. The van der Waals surface area contributed by atoms with Gasteiger partial charge in [0.2, 0.25) is 11.8 Å². The van der Waals surface area contributed by atoms with Crippen LogP contribution >= 0.6 is 0 Å². The Morgan fingerprint density at radius 3 is 2.00 bits per heavy atom. The van der Waals surface area contributed by atoms with Crippen molar-refractivity contribution in [1.82, 2.24) is 15.5 Å². The van der Waals surface area contributed by atoms with Crippen LogP contribution in [-0.4, -0.2) is 46.1 Å². The molecule has 0 saturated carbocycles. The number of nitrogens with one attached hydrogen (secondary N) is 2. The fraction of sp³-hybridized carbons (Fsp3) is 0.432. The first-order valence-corrected chi connectivity index (χ1v) is 16.0. The van der Waals surface area contributed by atoms with Gasteiger partial charge in [0.1, 0.15) is 23.4 Å². The normalized spacial score (nSPS) is 12.5. The summed E-state index contributed by atoms with van der Waals surface area (Å²) in [6, 6.07) is 23.4. The van der Waals surface area contributed by atoms with Gasteiger partial charge in [-0.25, -0.2) is 4.79 Å². The highest BCUT2D eigenvalue weighted by Crippen LogP contribution is 2.30. The SMILES string of the molecule is CCCCCCCCN(C(=O)C(Cc1ccccc1)NC(=O)OC(C)(C)C)C(C(=O)NCc1ccccc1)c1ccccc1O. The average molecular weight is 616 g/mol. The van der Waals surface area contributed by atoms with E-state index in [0.717, 1.165) is 43.2 Å². The largest absolute Gasteiger partial charge is 0.508 e. The zero-order chi connectivity index (χ0) is 32.7. The van der Waals surface area contributed by atoms with E-state index < -0.39 is 35.6 Å². The van der Waals surface area contributed by atoms with Crippen LogP contribution in [0.2, 0.25) is 0 Å². The number of ether oxygens (including phenoxy) is 1. The molecule has 0 bridgehead atoms. The molecule has 8 nitrogen and oxygen atoms in total. The average Bonchev–Trinajstić information content (AvgIpc) is 3.01. The van der Waals surface area contributed by atoms with Crippen molar-refractivity contribution < 1.29 is 24.2 Å². The van der Waals surface area contributed by atoms with Crippen molar-refractivity contribution in [3.05, 3.63) is 102 Å². The summed E-state index contributed by atoms with van der Waals surface area (Å²) in [5.74, 6) is -0.936. The van der Waals surface area contributed by atoms with E-state index >= 15 is 0 Å². The van der Waals surface area contributed by atoms with Gasteiger partial charge in [0.15, 0.2) is 0 Å². The number of amides is 3. The number of carbonyl (C=O) groups is 3. The van der Waals surface area contributed by atoms with Gasteiger partial charge in [-0.05, 0) is 44.4 Å². The lowest BCUT2D eigenvalue weighted by Crippen LogP contribution is -2.54. The summed E-state index contributed by atoms with van der Waals surface area (Å²) < 4.78 is 5.53. The van der Waals surface area contributed by atoms with E-state index in [1.54, 1.807) is 39.0 Å². The van der Waals surface area contributed by atoms with Gasteiger partial charge in [-0.15, -0.1) is 0 Å². The van der Waals surface area contributed by atoms with Gasteiger partial charge in [-0.3, -0.25) is 9.59 Å². The zero-order valence-electron chi connectivity index (χ0n) is 27.1. The molecule has 0 spiro atoms. The standard InChI is InChI=1S/C37H49N3O5/c1-5-6-7-8-9-18-25-40(35(43)31(26-28-19-12-10-13-20-28)39-36(44)45-37(2,3)4)33(30-23-16-17-24-32(30)41)34(42)38-27-29-21-14-11-15-22-29/h10-17,19-24,31,33,41H,5-9,18,25-27H2,1-4H3,(H,38,42)(H,39,44). The van der Waals surface area contributed by atoms with Crippen molar-refractivity contribution in [2.45, 2.75) is 96.9 Å². The van der Waals surface area contributed by atoms with E-state index in [4.69, 9.17) is 4.74 Å². The number of phenolic OH excluding ortho intramolecular Hbond substituents is 1. The second-order valence-corrected chi connectivity index (χ2v) is 12.4. The van der Waals surface area contributed by atoms with Crippen LogP contribution in [0, 0.1) is 0 Å². The van der Waals surface area contributed by atoms with Gasteiger partial charge < -0.3 is 25.4 Å². The Morgan fingerprint density at radius 1 is 0.800 bits per heavy atom. The molecule has 3 aromatic carbocycles. The third-order valence-electron chi connectivity index (χ3n) is 7.41. The fourth-order valence-corrected chi connectivity index (χ4v) is 5.18. The molecule has 0 saturated heterocycles. The molecular formula is C37H49N3O5. The minimum absolute atomic E-state index is 0.0854. The Balaban J connectivity index is 2.00. The van der Waals surface area contributed by atoms with Crippen LogP contribution < -0.4 is 10.6 Å². The van der Waals surface area contributed by atoms with E-state index in [-0.39, 0.29) is 25.3 Å². The van der Waals surface area contributed by atoms with Crippen molar-refractivity contribution >= 4 is 17.9 Å². The van der Waals surface area contributed by atoms with E-state index in [9.17, 15) is 19.5 Å². The molecule has 2 unspecified atom stereocenters. The minimum atomic E-state index is -1.13. The van der Waals surface area contributed by atoms with E-state index in [1.165, 1.54) is 11.0 Å². The summed E-state index contributed by atoms with van der Waals surface area (Å²) in [4.78, 5) is 43.2. The first-order valence-electron chi connectivity index (χ1n) is 16.0. The Kier molecular flexibility index (Phi) is 13.9. The monoisotopic (exact) mass is 615 g/mol. The van der Waals surface area contributed by atoms with Crippen LogP contribution in [0.1, 0.15) is 89.0 Å². The molecule has 3 aromatic rings. The van der Waals surface area contributed by atoms with Crippen molar-refractivity contribution in [3.63, 3.8) is 0 Å². The first-order chi connectivity index (χ1) is 21.6. The minimum Gasteiger partial charge on any atom is -0.508 e. The van der Waals surface area contributed by atoms with E-state index in [1.807, 2.05) is 60.7 Å². The fourth-order valence-electron chi connectivity index (χ4n) is 5.18. The highest BCUT2D eigenvalue weighted by atomic mass is 16.6. The molecule has 3 amide bonds. The van der Waals surface area contributed by atoms with Crippen molar-refractivity contribution in [2.24, 2.45) is 0 Å². The van der Waals surface area contributed by atoms with Crippen molar-refractivity contribution in [1.29, 1.82) is 0 Å². The van der Waals surface area contributed by atoms with Gasteiger partial charge in [0.05, 0.1) is 0 Å². The predicted octanol–water partition coefficient (Wildman–Crippen LogP) is 7.07. The number of alkyl carbamates (subject to hydrolysis) is 1. The molecule has 0 aliphatic rings. The second kappa shape index (κ2) is 17.8. The summed E-state index contributed by atoms with van der Waals surface area (Å²) in [5.41, 5.74) is 1.31. The molecule has 45 heavy (non-hydrogen) atoms. The van der Waals surface area contributed by atoms with Crippen LogP contribution in [0.5, 0.6) is 5.75 Å². The number of benzene rings is 3. The molecule has 0 aliphatic carbocycles. The molecule has 0 aliphatic heterocycles. The molecule has 8 heteroatoms. The quantitative estimate of drug-likeness (QED) is 0.149. The number of aromatic hydroxyl groups is 1. The number of hydrogen-bond acceptors (Lipinski definition) is 5. The van der Waals surface area contributed by atoms with Gasteiger partial charge in [0.25, 0.3) is 0 Å². The molecule has 3 rings (SSSR count). The molecule has 0 radical (unpaired) electrons. The third kappa shape index (κ3) is 11.9. The molecule has 2 atom stereocenters. The molecular weight excluding hydrogens is 566 g/mol. The number of carbonyl (C=O) groups excluding carboxylic acids is 3. The predicted molar refractivity (Wildman–Crippen MR) is 178 cm³/mol. The number of nitrogens with zero attached hydrogens (tertiary/aromatic N) is 1. The van der Waals surface area contributed by atoms with Gasteiger partial charge >= 0.3 is 6.09 Å². The van der Waals surface area contributed by atoms with Crippen molar-refractivity contribution in [2.75, 3.05) is 6.54 Å². The third-order valence-corrected chi connectivity index (χ3v) is 7.41. The summed E-state index contributed by atoms with van der Waals surface area (Å²) in [5, 5.41) is 16.7. The highest BCUT2D eigenvalue weighted by molar-refractivity contribution is 5.92. The Morgan fingerprint density at radius 2 is 1.38 bits per heavy atom. The number of phenols is 1. The highest BCUT2D eigenvalue weighted by Gasteiger charge is 2.37. The smallest absolute Gasteiger partial charge is 0.408 e. The lowest BCUT2D eigenvalue weighted by Gasteiger charge is -2.35. The van der Waals surface area contributed by atoms with Crippen LogP contribution in [0.15, 0.2) is 84.9 Å². The molecule has 0 heterocycles. The Hall–Kier alpha value is -4.33. The number of unbranched alkanes of at least 4 members (excludes halogenated alkanes) is 5. The van der Waals surface area contributed by atoms with Crippen LogP contribution in [0.25, 0.3) is 0 Å². The number of rotatable bonds is 16. The number of para-hydroxylation sites is 1. The lowest BCUT2D eigenvalue weighted by atomic mass is 9.99. The lowest BCUT2D eigenvalue weighted by molar-refractivity contribution is -0.142. The maximum atomic E-state index is 14.6. The van der Waals surface area contributed by atoms with Crippen LogP contribution in [0.4, 0.5) is 4.79 Å².